The smallest absolute Gasteiger partial charge is 0.356 e. The highest BCUT2D eigenvalue weighted by Gasteiger charge is 2.26. The first-order valence-electron chi connectivity index (χ1n) is 10.4. The molecule has 184 valence electrons. The van der Waals surface area contributed by atoms with E-state index in [0.29, 0.717) is 21.2 Å². The highest BCUT2D eigenvalue weighted by atomic mass is 35.5. The summed E-state index contributed by atoms with van der Waals surface area (Å²) >= 11 is 11.9. The number of fused-ring (bicyclic) bond motifs is 1. The minimum atomic E-state index is -3.62. The van der Waals surface area contributed by atoms with Crippen LogP contribution in [0.15, 0.2) is 61.2 Å². The number of hydrogen-bond donors (Lipinski definition) is 1. The highest BCUT2D eigenvalue weighted by molar-refractivity contribution is 7.53. The van der Waals surface area contributed by atoms with Crippen molar-refractivity contribution in [2.45, 2.75) is 13.2 Å². The second-order valence-electron chi connectivity index (χ2n) is 7.28. The standard InChI is InChI=1S/C22H22Cl2N5O5P/c23-18-5-1-16(2-6-18)11-33-35(30,34-12-17-3-7-19(24)8-4-17)15-31-9-10-32-29-14-28-20-21(25)26-13-27-22(20)29/h1-8,13-14H,9-12,15H2,(H2,25,26,27). The highest BCUT2D eigenvalue weighted by Crippen LogP contribution is 2.49. The van der Waals surface area contributed by atoms with Crippen molar-refractivity contribution in [3.63, 3.8) is 0 Å². The van der Waals surface area contributed by atoms with Gasteiger partial charge in [0.15, 0.2) is 11.3 Å². The SMILES string of the molecule is Nc1ncnc2c1ncn2OCCOCP(=O)(OCc1ccc(Cl)cc1)OCc1ccc(Cl)cc1. The monoisotopic (exact) mass is 537 g/mol. The van der Waals surface area contributed by atoms with Crippen molar-refractivity contribution in [2.75, 3.05) is 25.3 Å². The maximum atomic E-state index is 13.4. The summed E-state index contributed by atoms with van der Waals surface area (Å²) in [6.07, 6.45) is 2.49. The molecule has 2 N–H and O–H groups in total. The summed E-state index contributed by atoms with van der Waals surface area (Å²) in [5.74, 6) is 0.255. The van der Waals surface area contributed by atoms with Gasteiger partial charge in [-0.05, 0) is 35.4 Å². The predicted octanol–water partition coefficient (Wildman–Crippen LogP) is 4.74. The average molecular weight is 538 g/mol. The van der Waals surface area contributed by atoms with Crippen LogP contribution in [0.4, 0.5) is 5.82 Å². The number of nitrogens with two attached hydrogens (primary N) is 1. The number of ether oxygens (including phenoxy) is 1. The van der Waals surface area contributed by atoms with Gasteiger partial charge >= 0.3 is 7.60 Å². The molecule has 0 aliphatic heterocycles. The van der Waals surface area contributed by atoms with Gasteiger partial charge in [0.05, 0.1) is 19.8 Å². The molecular weight excluding hydrogens is 516 g/mol. The lowest BCUT2D eigenvalue weighted by molar-refractivity contribution is 0.0473. The van der Waals surface area contributed by atoms with Crippen LogP contribution in [0.1, 0.15) is 11.1 Å². The predicted molar refractivity (Wildman–Crippen MR) is 132 cm³/mol. The molecular formula is C22H22Cl2N5O5P. The zero-order chi connectivity index (χ0) is 24.7. The van der Waals surface area contributed by atoms with Gasteiger partial charge in [0, 0.05) is 10.0 Å². The maximum Gasteiger partial charge on any atom is 0.356 e. The van der Waals surface area contributed by atoms with E-state index < -0.39 is 7.60 Å². The molecule has 0 atom stereocenters. The van der Waals surface area contributed by atoms with Crippen LogP contribution in [-0.2, 0) is 31.6 Å². The van der Waals surface area contributed by atoms with E-state index in [0.717, 1.165) is 11.1 Å². The fraction of sp³-hybridized carbons (Fsp3) is 0.227. The lowest BCUT2D eigenvalue weighted by atomic mass is 10.2. The summed E-state index contributed by atoms with van der Waals surface area (Å²) in [6, 6.07) is 14.0. The number of imidazole rings is 1. The fourth-order valence-electron chi connectivity index (χ4n) is 2.92. The van der Waals surface area contributed by atoms with Gasteiger partial charge < -0.3 is 24.4 Å². The first-order valence-corrected chi connectivity index (χ1v) is 12.9. The maximum absolute atomic E-state index is 13.4. The molecule has 4 rings (SSSR count). The molecule has 2 aromatic heterocycles. The van der Waals surface area contributed by atoms with Crippen molar-refractivity contribution >= 4 is 47.8 Å². The summed E-state index contributed by atoms with van der Waals surface area (Å²) in [5.41, 5.74) is 8.22. The average Bonchev–Trinajstić information content (AvgIpc) is 3.28. The zero-order valence-electron chi connectivity index (χ0n) is 18.4. The quantitative estimate of drug-likeness (QED) is 0.201. The van der Waals surface area contributed by atoms with Crippen molar-refractivity contribution < 1.29 is 23.2 Å². The van der Waals surface area contributed by atoms with Gasteiger partial charge in [-0.25, -0.2) is 15.0 Å². The van der Waals surface area contributed by atoms with Crippen LogP contribution < -0.4 is 10.6 Å². The number of hydrogen-bond acceptors (Lipinski definition) is 9. The van der Waals surface area contributed by atoms with E-state index in [9.17, 15) is 4.57 Å². The Morgan fingerprint density at radius 3 is 2.06 bits per heavy atom. The minimum Gasteiger partial charge on any atom is -0.408 e. The second-order valence-corrected chi connectivity index (χ2v) is 10.2. The van der Waals surface area contributed by atoms with E-state index in [2.05, 4.69) is 15.0 Å². The zero-order valence-corrected chi connectivity index (χ0v) is 20.8. The molecule has 35 heavy (non-hydrogen) atoms. The third-order valence-electron chi connectivity index (χ3n) is 4.72. The number of benzene rings is 2. The molecule has 2 heterocycles. The Labute approximate surface area is 211 Å². The molecule has 0 radical (unpaired) electrons. The van der Waals surface area contributed by atoms with Gasteiger partial charge in [-0.15, -0.1) is 0 Å². The van der Waals surface area contributed by atoms with Crippen LogP contribution in [0.5, 0.6) is 0 Å². The first-order chi connectivity index (χ1) is 16.9. The van der Waals surface area contributed by atoms with Crippen molar-refractivity contribution in [3.8, 4) is 0 Å². The van der Waals surface area contributed by atoms with Gasteiger partial charge in [0.1, 0.15) is 25.6 Å². The summed E-state index contributed by atoms with van der Waals surface area (Å²) in [7, 11) is -3.62. The molecule has 0 saturated carbocycles. The number of rotatable bonds is 12. The van der Waals surface area contributed by atoms with Gasteiger partial charge in [-0.1, -0.05) is 47.5 Å². The molecule has 10 nitrogen and oxygen atoms in total. The Kier molecular flexibility index (Phi) is 8.56. The van der Waals surface area contributed by atoms with Crippen LogP contribution in [0, 0.1) is 0 Å². The second kappa shape index (κ2) is 11.8. The molecule has 0 bridgehead atoms. The number of aromatic nitrogens is 4. The third-order valence-corrected chi connectivity index (χ3v) is 6.77. The molecule has 2 aromatic carbocycles. The number of halogens is 2. The molecule has 0 fully saturated rings. The van der Waals surface area contributed by atoms with Gasteiger partial charge in [-0.3, -0.25) is 4.57 Å². The van der Waals surface area contributed by atoms with Crippen LogP contribution in [-0.4, -0.2) is 39.2 Å². The summed E-state index contributed by atoms with van der Waals surface area (Å²) in [4.78, 5) is 17.7. The Morgan fingerprint density at radius 2 is 1.46 bits per heavy atom. The largest absolute Gasteiger partial charge is 0.408 e. The van der Waals surface area contributed by atoms with Gasteiger partial charge in [0.2, 0.25) is 5.65 Å². The Bertz CT molecular complexity index is 1250. The lowest BCUT2D eigenvalue weighted by Crippen LogP contribution is -2.17. The normalized spacial score (nSPS) is 11.7. The summed E-state index contributed by atoms with van der Waals surface area (Å²) in [6.45, 7) is 0.372. The molecule has 0 amide bonds. The number of nitrogens with zero attached hydrogens (tertiary/aromatic N) is 4. The number of anilines is 1. The summed E-state index contributed by atoms with van der Waals surface area (Å²) < 4.78 is 31.7. The molecule has 0 spiro atoms. The Morgan fingerprint density at radius 1 is 0.857 bits per heavy atom. The van der Waals surface area contributed by atoms with Crippen LogP contribution >= 0.6 is 30.8 Å². The van der Waals surface area contributed by atoms with Crippen molar-refractivity contribution in [1.29, 1.82) is 0 Å². The minimum absolute atomic E-state index is 0.0665. The van der Waals surface area contributed by atoms with Crippen LogP contribution in [0.3, 0.4) is 0 Å². The summed E-state index contributed by atoms with van der Waals surface area (Å²) in [5, 5.41) is 1.19. The van der Waals surface area contributed by atoms with Gasteiger partial charge in [-0.2, -0.15) is 4.73 Å². The van der Waals surface area contributed by atoms with E-state index in [1.165, 1.54) is 17.4 Å². The van der Waals surface area contributed by atoms with E-state index in [4.69, 9.17) is 47.6 Å². The lowest BCUT2D eigenvalue weighted by Gasteiger charge is -2.19. The van der Waals surface area contributed by atoms with Crippen LogP contribution in [0.2, 0.25) is 10.0 Å². The van der Waals surface area contributed by atoms with Gasteiger partial charge in [0.25, 0.3) is 0 Å². The van der Waals surface area contributed by atoms with E-state index in [-0.39, 0.29) is 38.6 Å². The van der Waals surface area contributed by atoms with Crippen LogP contribution in [0.25, 0.3) is 11.2 Å². The molecule has 0 saturated heterocycles. The third kappa shape index (κ3) is 7.14. The Hall–Kier alpha value is -2.72. The first kappa shape index (κ1) is 25.4. The molecule has 0 aliphatic carbocycles. The van der Waals surface area contributed by atoms with E-state index in [1.54, 1.807) is 48.5 Å². The Balaban J connectivity index is 1.32. The number of nitrogen functional groups attached to an aromatic ring is 1. The van der Waals surface area contributed by atoms with E-state index in [1.807, 2.05) is 0 Å². The van der Waals surface area contributed by atoms with E-state index >= 15 is 0 Å². The molecule has 0 aliphatic rings. The molecule has 13 heteroatoms. The van der Waals surface area contributed by atoms with Crippen molar-refractivity contribution in [1.82, 2.24) is 19.7 Å². The molecule has 4 aromatic rings. The van der Waals surface area contributed by atoms with Crippen molar-refractivity contribution in [2.24, 2.45) is 0 Å². The fourth-order valence-corrected chi connectivity index (χ4v) is 4.44. The topological polar surface area (TPSA) is 124 Å². The molecule has 0 unspecified atom stereocenters. The van der Waals surface area contributed by atoms with Crippen molar-refractivity contribution in [3.05, 3.63) is 82.4 Å².